The molecule has 80 valence electrons. The van der Waals surface area contributed by atoms with Crippen LogP contribution in [0.3, 0.4) is 0 Å². The topological polar surface area (TPSA) is 23.8 Å². The van der Waals surface area contributed by atoms with Gasteiger partial charge >= 0.3 is 0 Å². The molecule has 0 spiro atoms. The molecule has 0 aromatic rings. The molecule has 0 aromatic heterocycles. The van der Waals surface area contributed by atoms with Crippen LogP contribution < -0.4 is 0 Å². The number of rotatable bonds is 9. The second-order valence-electron chi connectivity index (χ2n) is 3.74. The molecule has 14 heavy (non-hydrogen) atoms. The van der Waals surface area contributed by atoms with Gasteiger partial charge in [0, 0.05) is 0 Å². The molecule has 0 atom stereocenters. The van der Waals surface area contributed by atoms with E-state index in [1.165, 1.54) is 44.9 Å². The van der Waals surface area contributed by atoms with E-state index in [1.54, 1.807) is 0 Å². The Morgan fingerprint density at radius 2 is 1.57 bits per heavy atom. The highest BCUT2D eigenvalue weighted by molar-refractivity contribution is 4.90. The average molecular weight is 193 g/mol. The molecule has 0 amide bonds. The predicted molar refractivity (Wildman–Crippen MR) is 62.0 cm³/mol. The number of hydrogen-bond donors (Lipinski definition) is 0. The summed E-state index contributed by atoms with van der Waals surface area (Å²) in [7, 11) is 0. The Morgan fingerprint density at radius 1 is 0.929 bits per heavy atom. The zero-order chi connectivity index (χ0) is 10.5. The summed E-state index contributed by atoms with van der Waals surface area (Å²) in [5, 5.41) is 8.29. The van der Waals surface area contributed by atoms with Crippen LogP contribution in [-0.4, -0.2) is 0 Å². The van der Waals surface area contributed by atoms with Crippen LogP contribution in [0, 0.1) is 11.3 Å². The lowest BCUT2D eigenvalue weighted by Crippen LogP contribution is -1.78. The zero-order valence-electron chi connectivity index (χ0n) is 9.47. The fraction of sp³-hybridized carbons (Fsp3) is 0.769. The highest BCUT2D eigenvalue weighted by atomic mass is 14.2. The quantitative estimate of drug-likeness (QED) is 0.388. The molecule has 0 saturated carbocycles. The Kier molecular flexibility index (Phi) is 11.6. The van der Waals surface area contributed by atoms with Gasteiger partial charge in [-0.15, -0.1) is 0 Å². The van der Waals surface area contributed by atoms with Crippen molar-refractivity contribution in [3.63, 3.8) is 0 Å². The first-order valence-electron chi connectivity index (χ1n) is 5.93. The summed E-state index contributed by atoms with van der Waals surface area (Å²) in [4.78, 5) is 0. The second kappa shape index (κ2) is 12.2. The molecule has 0 saturated heterocycles. The Morgan fingerprint density at radius 3 is 2.21 bits per heavy atom. The summed E-state index contributed by atoms with van der Waals surface area (Å²) in [6.45, 7) is 2.25. The monoisotopic (exact) mass is 193 g/mol. The van der Waals surface area contributed by atoms with E-state index in [2.05, 4.69) is 19.1 Å². The third-order valence-corrected chi connectivity index (χ3v) is 2.35. The van der Waals surface area contributed by atoms with Crippen molar-refractivity contribution >= 4 is 0 Å². The van der Waals surface area contributed by atoms with Crippen LogP contribution in [0.4, 0.5) is 0 Å². The van der Waals surface area contributed by atoms with Crippen molar-refractivity contribution in [1.82, 2.24) is 0 Å². The Hall–Kier alpha value is -0.770. The first kappa shape index (κ1) is 13.2. The molecule has 0 aromatic carbocycles. The van der Waals surface area contributed by atoms with E-state index in [1.807, 2.05) is 6.08 Å². The number of nitriles is 1. The third kappa shape index (κ3) is 11.2. The van der Waals surface area contributed by atoms with Crippen molar-refractivity contribution < 1.29 is 0 Å². The fourth-order valence-electron chi connectivity index (χ4n) is 1.47. The number of hydrogen-bond acceptors (Lipinski definition) is 1. The molecule has 0 N–H and O–H groups in total. The number of nitrogens with zero attached hydrogens (tertiary/aromatic N) is 1. The lowest BCUT2D eigenvalue weighted by Gasteiger charge is -1.98. The SMILES string of the molecule is CCCCCCCCCC=CCC#N. The van der Waals surface area contributed by atoms with E-state index >= 15 is 0 Å². The molecule has 0 fully saturated rings. The maximum absolute atomic E-state index is 8.29. The lowest BCUT2D eigenvalue weighted by atomic mass is 10.1. The fourth-order valence-corrected chi connectivity index (χ4v) is 1.47. The van der Waals surface area contributed by atoms with Gasteiger partial charge in [-0.05, 0) is 12.8 Å². The predicted octanol–water partition coefficient (Wildman–Crippen LogP) is 4.60. The highest BCUT2D eigenvalue weighted by Gasteiger charge is 1.88. The van der Waals surface area contributed by atoms with Gasteiger partial charge in [0.25, 0.3) is 0 Å². The maximum Gasteiger partial charge on any atom is 0.0663 e. The summed E-state index contributed by atoms with van der Waals surface area (Å²) in [5.41, 5.74) is 0. The van der Waals surface area contributed by atoms with Crippen molar-refractivity contribution in [3.8, 4) is 6.07 Å². The van der Waals surface area contributed by atoms with Crippen molar-refractivity contribution in [2.24, 2.45) is 0 Å². The van der Waals surface area contributed by atoms with Crippen molar-refractivity contribution in [1.29, 1.82) is 5.26 Å². The van der Waals surface area contributed by atoms with E-state index in [9.17, 15) is 0 Å². The van der Waals surface area contributed by atoms with Gasteiger partial charge in [0.2, 0.25) is 0 Å². The minimum atomic E-state index is 0.566. The van der Waals surface area contributed by atoms with Crippen LogP contribution in [0.1, 0.15) is 64.7 Å². The molecule has 0 heterocycles. The zero-order valence-corrected chi connectivity index (χ0v) is 9.47. The van der Waals surface area contributed by atoms with Gasteiger partial charge in [0.05, 0.1) is 12.5 Å². The molecular formula is C13H23N. The van der Waals surface area contributed by atoms with E-state index in [-0.39, 0.29) is 0 Å². The van der Waals surface area contributed by atoms with Crippen LogP contribution in [0.15, 0.2) is 12.2 Å². The molecule has 0 bridgehead atoms. The molecular weight excluding hydrogens is 170 g/mol. The van der Waals surface area contributed by atoms with Gasteiger partial charge in [-0.3, -0.25) is 0 Å². The average Bonchev–Trinajstić information content (AvgIpc) is 2.21. The normalized spacial score (nSPS) is 10.6. The van der Waals surface area contributed by atoms with E-state index < -0.39 is 0 Å². The molecule has 0 aliphatic carbocycles. The Labute approximate surface area is 88.8 Å². The maximum atomic E-state index is 8.29. The van der Waals surface area contributed by atoms with Crippen LogP contribution >= 0.6 is 0 Å². The largest absolute Gasteiger partial charge is 0.198 e. The second-order valence-corrected chi connectivity index (χ2v) is 3.74. The highest BCUT2D eigenvalue weighted by Crippen LogP contribution is 2.08. The summed E-state index contributed by atoms with van der Waals surface area (Å²) < 4.78 is 0. The molecule has 1 nitrogen and oxygen atoms in total. The van der Waals surface area contributed by atoms with E-state index in [4.69, 9.17) is 5.26 Å². The van der Waals surface area contributed by atoms with Gasteiger partial charge < -0.3 is 0 Å². The van der Waals surface area contributed by atoms with Gasteiger partial charge in [0.15, 0.2) is 0 Å². The minimum Gasteiger partial charge on any atom is -0.198 e. The van der Waals surface area contributed by atoms with Crippen LogP contribution in [0.2, 0.25) is 0 Å². The van der Waals surface area contributed by atoms with Crippen LogP contribution in [0.5, 0.6) is 0 Å². The van der Waals surface area contributed by atoms with E-state index in [0.717, 1.165) is 6.42 Å². The first-order chi connectivity index (χ1) is 6.91. The smallest absolute Gasteiger partial charge is 0.0663 e. The molecule has 0 unspecified atom stereocenters. The van der Waals surface area contributed by atoms with Gasteiger partial charge in [0.1, 0.15) is 0 Å². The summed E-state index contributed by atoms with van der Waals surface area (Å²) in [6.07, 6.45) is 15.4. The summed E-state index contributed by atoms with van der Waals surface area (Å²) >= 11 is 0. The van der Waals surface area contributed by atoms with Crippen LogP contribution in [-0.2, 0) is 0 Å². The first-order valence-corrected chi connectivity index (χ1v) is 5.93. The Balaban J connectivity index is 2.96. The minimum absolute atomic E-state index is 0.566. The molecule has 1 heteroatoms. The molecule has 0 aliphatic heterocycles. The summed E-state index contributed by atoms with van der Waals surface area (Å²) in [6, 6.07) is 2.11. The summed E-state index contributed by atoms with van der Waals surface area (Å²) in [5.74, 6) is 0. The van der Waals surface area contributed by atoms with Gasteiger partial charge in [-0.1, -0.05) is 57.6 Å². The van der Waals surface area contributed by atoms with Crippen LogP contribution in [0.25, 0.3) is 0 Å². The molecule has 0 radical (unpaired) electrons. The lowest BCUT2D eigenvalue weighted by molar-refractivity contribution is 0.592. The third-order valence-electron chi connectivity index (χ3n) is 2.35. The van der Waals surface area contributed by atoms with Gasteiger partial charge in [-0.25, -0.2) is 0 Å². The Bertz CT molecular complexity index is 165. The molecule has 0 aliphatic rings. The molecule has 0 rings (SSSR count). The van der Waals surface area contributed by atoms with Crippen molar-refractivity contribution in [2.75, 3.05) is 0 Å². The van der Waals surface area contributed by atoms with Crippen molar-refractivity contribution in [2.45, 2.75) is 64.7 Å². The number of unbranched alkanes of at least 4 members (excludes halogenated alkanes) is 7. The van der Waals surface area contributed by atoms with E-state index in [0.29, 0.717) is 6.42 Å². The number of allylic oxidation sites excluding steroid dienone is 2. The standard InChI is InChI=1S/C13H23N/c1-2-3-4-5-6-7-8-9-10-11-12-13-14/h10-11H,2-9,12H2,1H3. The van der Waals surface area contributed by atoms with Crippen molar-refractivity contribution in [3.05, 3.63) is 12.2 Å². The van der Waals surface area contributed by atoms with Gasteiger partial charge in [-0.2, -0.15) is 5.26 Å².